The van der Waals surface area contributed by atoms with E-state index in [4.69, 9.17) is 21.1 Å². The number of halogens is 2. The minimum absolute atomic E-state index is 0.0149. The zero-order valence-electron chi connectivity index (χ0n) is 16.7. The molecule has 0 bridgehead atoms. The molecule has 0 spiro atoms. The van der Waals surface area contributed by atoms with Crippen molar-refractivity contribution in [3.63, 3.8) is 0 Å². The Balaban J connectivity index is 1.66. The summed E-state index contributed by atoms with van der Waals surface area (Å²) in [4.78, 5) is 23.3. The van der Waals surface area contributed by atoms with Crippen LogP contribution in [0.3, 0.4) is 0 Å². The van der Waals surface area contributed by atoms with Gasteiger partial charge in [-0.2, -0.15) is 0 Å². The molecule has 0 saturated carbocycles. The van der Waals surface area contributed by atoms with E-state index in [0.29, 0.717) is 43.8 Å². The number of rotatable bonds is 7. The molecule has 1 aliphatic rings. The van der Waals surface area contributed by atoms with Gasteiger partial charge in [0, 0.05) is 42.9 Å². The largest absolute Gasteiger partial charge is 0.382 e. The molecule has 0 unspecified atom stereocenters. The van der Waals surface area contributed by atoms with Crippen LogP contribution in [-0.2, 0) is 16.1 Å². The fourth-order valence-corrected chi connectivity index (χ4v) is 3.66. The van der Waals surface area contributed by atoms with Gasteiger partial charge in [-0.1, -0.05) is 11.6 Å². The van der Waals surface area contributed by atoms with Gasteiger partial charge in [-0.25, -0.2) is 14.4 Å². The summed E-state index contributed by atoms with van der Waals surface area (Å²) in [5.74, 6) is 0.0278. The van der Waals surface area contributed by atoms with Gasteiger partial charge in [-0.3, -0.25) is 4.79 Å². The number of aromatic nitrogens is 2. The maximum absolute atomic E-state index is 14.0. The van der Waals surface area contributed by atoms with Crippen molar-refractivity contribution in [3.8, 4) is 0 Å². The van der Waals surface area contributed by atoms with Crippen molar-refractivity contribution in [2.45, 2.75) is 32.3 Å². The van der Waals surface area contributed by atoms with Gasteiger partial charge >= 0.3 is 0 Å². The maximum atomic E-state index is 14.0. The van der Waals surface area contributed by atoms with E-state index in [1.165, 1.54) is 18.2 Å². The van der Waals surface area contributed by atoms with Crippen LogP contribution < -0.4 is 0 Å². The van der Waals surface area contributed by atoms with Crippen LogP contribution in [0.5, 0.6) is 0 Å². The molecule has 0 atom stereocenters. The maximum Gasteiger partial charge on any atom is 0.256 e. The summed E-state index contributed by atoms with van der Waals surface area (Å²) in [5.41, 5.74) is 1.94. The molecule has 2 aromatic rings. The molecule has 1 saturated heterocycles. The topological polar surface area (TPSA) is 64.6 Å². The Morgan fingerprint density at radius 2 is 2.07 bits per heavy atom. The summed E-state index contributed by atoms with van der Waals surface area (Å²) in [5, 5.41) is 0.346. The lowest BCUT2D eigenvalue weighted by Gasteiger charge is -2.32. The lowest BCUT2D eigenvalue weighted by atomic mass is 9.90. The van der Waals surface area contributed by atoms with E-state index in [1.54, 1.807) is 12.0 Å². The fraction of sp³-hybridized carbons (Fsp3) is 0.476. The van der Waals surface area contributed by atoms with Crippen LogP contribution in [0.2, 0.25) is 5.02 Å². The van der Waals surface area contributed by atoms with Crippen molar-refractivity contribution in [1.82, 2.24) is 14.9 Å². The molecule has 1 amide bonds. The average molecular weight is 422 g/mol. The Morgan fingerprint density at radius 3 is 2.79 bits per heavy atom. The van der Waals surface area contributed by atoms with Gasteiger partial charge in [-0.15, -0.1) is 0 Å². The van der Waals surface area contributed by atoms with E-state index >= 15 is 0 Å². The van der Waals surface area contributed by atoms with Gasteiger partial charge in [0.05, 0.1) is 31.1 Å². The summed E-state index contributed by atoms with van der Waals surface area (Å²) in [6.45, 7) is 4.38. The molecule has 1 aromatic carbocycles. The highest BCUT2D eigenvalue weighted by molar-refractivity contribution is 6.31. The van der Waals surface area contributed by atoms with Gasteiger partial charge in [0.1, 0.15) is 11.6 Å². The van der Waals surface area contributed by atoms with Crippen molar-refractivity contribution in [3.05, 3.63) is 57.9 Å². The van der Waals surface area contributed by atoms with Gasteiger partial charge in [0.2, 0.25) is 0 Å². The van der Waals surface area contributed by atoms with Crippen molar-refractivity contribution in [2.75, 3.05) is 33.4 Å². The highest BCUT2D eigenvalue weighted by Crippen LogP contribution is 2.30. The molecule has 6 nitrogen and oxygen atoms in total. The number of hydrogen-bond acceptors (Lipinski definition) is 5. The molecule has 29 heavy (non-hydrogen) atoms. The summed E-state index contributed by atoms with van der Waals surface area (Å²) >= 11 is 5.93. The number of piperidine rings is 1. The van der Waals surface area contributed by atoms with Crippen molar-refractivity contribution >= 4 is 17.5 Å². The number of carbonyl (C=O) groups excluding carboxylic acids is 1. The number of likely N-dealkylation sites (tertiary alicyclic amines) is 1. The summed E-state index contributed by atoms with van der Waals surface area (Å²) in [7, 11) is 1.63. The minimum atomic E-state index is -0.552. The summed E-state index contributed by atoms with van der Waals surface area (Å²) < 4.78 is 24.7. The molecule has 3 rings (SSSR count). The van der Waals surface area contributed by atoms with E-state index in [-0.39, 0.29) is 17.4 Å². The second kappa shape index (κ2) is 10.1. The molecule has 1 fully saturated rings. The van der Waals surface area contributed by atoms with E-state index < -0.39 is 5.82 Å². The Labute approximate surface area is 175 Å². The van der Waals surface area contributed by atoms with Crippen molar-refractivity contribution in [2.24, 2.45) is 0 Å². The Kier molecular flexibility index (Phi) is 7.52. The highest BCUT2D eigenvalue weighted by atomic mass is 35.5. The quantitative estimate of drug-likeness (QED) is 0.637. The summed E-state index contributed by atoms with van der Waals surface area (Å²) in [6.07, 6.45) is 3.30. The third-order valence-electron chi connectivity index (χ3n) is 5.04. The van der Waals surface area contributed by atoms with Crippen LogP contribution in [0.1, 0.15) is 46.2 Å². The van der Waals surface area contributed by atoms with Crippen LogP contribution in [-0.4, -0.2) is 54.2 Å². The van der Waals surface area contributed by atoms with Crippen molar-refractivity contribution < 1.29 is 18.7 Å². The smallest absolute Gasteiger partial charge is 0.256 e. The molecular formula is C21H25ClFN3O3. The second-order valence-corrected chi connectivity index (χ2v) is 7.50. The molecule has 0 N–H and O–H groups in total. The van der Waals surface area contributed by atoms with Crippen LogP contribution in [0.15, 0.2) is 24.4 Å². The Hall–Kier alpha value is -2.09. The van der Waals surface area contributed by atoms with E-state index in [2.05, 4.69) is 9.97 Å². The average Bonchev–Trinajstić information content (AvgIpc) is 2.73. The van der Waals surface area contributed by atoms with E-state index in [1.807, 2.05) is 13.1 Å². The van der Waals surface area contributed by atoms with Crippen LogP contribution >= 0.6 is 11.6 Å². The first kappa shape index (κ1) is 21.6. The summed E-state index contributed by atoms with van der Waals surface area (Å²) in [6, 6.07) is 4.05. The molecular weight excluding hydrogens is 397 g/mol. The molecule has 2 heterocycles. The number of amides is 1. The van der Waals surface area contributed by atoms with Crippen LogP contribution in [0.25, 0.3) is 0 Å². The van der Waals surface area contributed by atoms with Gasteiger partial charge in [-0.05, 0) is 38.0 Å². The first-order valence-corrected chi connectivity index (χ1v) is 10.0. The number of aryl methyl sites for hydroxylation is 1. The number of ether oxygens (including phenoxy) is 2. The lowest BCUT2D eigenvalue weighted by Crippen LogP contribution is -2.38. The third kappa shape index (κ3) is 5.50. The van der Waals surface area contributed by atoms with Gasteiger partial charge in [0.25, 0.3) is 5.91 Å². The van der Waals surface area contributed by atoms with Gasteiger partial charge in [0.15, 0.2) is 0 Å². The molecule has 0 aliphatic carbocycles. The zero-order chi connectivity index (χ0) is 20.8. The SMILES string of the molecule is COCCOCc1cnc(C)nc1C1CCN(C(=O)c2cc(Cl)ccc2F)CC1. The Bertz CT molecular complexity index is 857. The standard InChI is InChI=1S/C21H25ClFN3O3/c1-14-24-12-16(13-29-10-9-28-2)20(25-14)15-5-7-26(8-6-15)21(27)18-11-17(22)3-4-19(18)23/h3-4,11-12,15H,5-10,13H2,1-2H3. The molecule has 8 heteroatoms. The zero-order valence-corrected chi connectivity index (χ0v) is 17.4. The first-order chi connectivity index (χ1) is 14.0. The number of methoxy groups -OCH3 is 1. The number of hydrogen-bond donors (Lipinski definition) is 0. The van der Waals surface area contributed by atoms with Gasteiger partial charge < -0.3 is 14.4 Å². The lowest BCUT2D eigenvalue weighted by molar-refractivity contribution is 0.0604. The third-order valence-corrected chi connectivity index (χ3v) is 5.27. The predicted octanol–water partition coefficient (Wildman–Crippen LogP) is 3.76. The number of nitrogens with zero attached hydrogens (tertiary/aromatic N) is 3. The Morgan fingerprint density at radius 1 is 1.31 bits per heavy atom. The molecule has 1 aliphatic heterocycles. The van der Waals surface area contributed by atoms with Crippen LogP contribution in [0, 0.1) is 12.7 Å². The molecule has 156 valence electrons. The molecule has 1 aromatic heterocycles. The number of carbonyl (C=O) groups is 1. The van der Waals surface area contributed by atoms with Crippen LogP contribution in [0.4, 0.5) is 4.39 Å². The monoisotopic (exact) mass is 421 g/mol. The predicted molar refractivity (Wildman–Crippen MR) is 108 cm³/mol. The minimum Gasteiger partial charge on any atom is -0.382 e. The normalized spacial score (nSPS) is 15.0. The van der Waals surface area contributed by atoms with E-state index in [9.17, 15) is 9.18 Å². The highest BCUT2D eigenvalue weighted by Gasteiger charge is 2.28. The van der Waals surface area contributed by atoms with Crippen molar-refractivity contribution in [1.29, 1.82) is 0 Å². The molecule has 0 radical (unpaired) electrons. The number of benzene rings is 1. The second-order valence-electron chi connectivity index (χ2n) is 7.06. The van der Waals surface area contributed by atoms with E-state index in [0.717, 1.165) is 24.1 Å². The fourth-order valence-electron chi connectivity index (χ4n) is 3.49. The first-order valence-electron chi connectivity index (χ1n) is 9.63.